The number of halogens is 4. The number of aryl methyl sites for hydroxylation is 1. The fraction of sp³-hybridized carbons (Fsp3) is 0.350. The first kappa shape index (κ1) is 19.3. The van der Waals surface area contributed by atoms with Gasteiger partial charge >= 0.3 is 0 Å². The Morgan fingerprint density at radius 1 is 1.36 bits per heavy atom. The largest absolute Gasteiger partial charge is 0.389 e. The quantitative estimate of drug-likeness (QED) is 0.488. The maximum atomic E-state index is 14.5. The van der Waals surface area contributed by atoms with Crippen molar-refractivity contribution in [3.05, 3.63) is 41.7 Å². The molecule has 33 heavy (non-hydrogen) atoms. The van der Waals surface area contributed by atoms with E-state index in [2.05, 4.69) is 15.4 Å². The van der Waals surface area contributed by atoms with E-state index in [1.54, 1.807) is 0 Å². The monoisotopic (exact) mass is 486 g/mol. The molecule has 13 heteroatoms. The molecule has 1 aliphatic heterocycles. The van der Waals surface area contributed by atoms with Crippen molar-refractivity contribution in [3.63, 3.8) is 0 Å². The Balaban J connectivity index is 1.70. The van der Waals surface area contributed by atoms with Crippen LogP contribution in [-0.4, -0.2) is 45.7 Å². The van der Waals surface area contributed by atoms with Crippen molar-refractivity contribution >= 4 is 33.8 Å². The number of carbonyl (C=O) groups excluding carboxylic acids is 1. The Labute approximate surface area is 194 Å². The predicted octanol–water partition coefficient (Wildman–Crippen LogP) is 3.22. The van der Waals surface area contributed by atoms with Crippen LogP contribution in [0.25, 0.3) is 10.6 Å². The minimum Gasteiger partial charge on any atom is -0.389 e. The lowest BCUT2D eigenvalue weighted by Gasteiger charge is -2.26. The fourth-order valence-corrected chi connectivity index (χ4v) is 4.51. The smallest absolute Gasteiger partial charge is 0.277 e. The van der Waals surface area contributed by atoms with Crippen molar-refractivity contribution in [2.24, 2.45) is 12.7 Å². The van der Waals surface area contributed by atoms with Crippen LogP contribution in [-0.2, 0) is 6.98 Å². The molecule has 0 radical (unpaired) electrons. The molecule has 1 aliphatic rings. The van der Waals surface area contributed by atoms with E-state index in [9.17, 15) is 22.4 Å². The van der Waals surface area contributed by atoms with Crippen molar-refractivity contribution in [1.29, 1.82) is 0 Å². The third-order valence-electron chi connectivity index (χ3n) is 5.09. The first-order valence-corrected chi connectivity index (χ1v) is 10.6. The number of nitrogens with zero attached hydrogens (tertiary/aromatic N) is 4. The molecule has 1 aromatic carbocycles. The second kappa shape index (κ2) is 8.63. The van der Waals surface area contributed by atoms with E-state index in [1.807, 2.05) is 0 Å². The van der Waals surface area contributed by atoms with Crippen molar-refractivity contribution in [1.82, 2.24) is 14.8 Å². The van der Waals surface area contributed by atoms with Crippen LogP contribution in [0.3, 0.4) is 0 Å². The van der Waals surface area contributed by atoms with Gasteiger partial charge in [-0.15, -0.1) is 0 Å². The normalized spacial score (nSPS) is 20.0. The van der Waals surface area contributed by atoms with Crippen molar-refractivity contribution < 1.29 is 26.5 Å². The number of nitrogens with two attached hydrogens (primary N) is 2. The molecule has 2 aromatic heterocycles. The van der Waals surface area contributed by atoms with Crippen LogP contribution in [0, 0.1) is 11.6 Å². The number of nitrogen functional groups attached to an aromatic ring is 1. The highest BCUT2D eigenvalue weighted by Crippen LogP contribution is 2.35. The summed E-state index contributed by atoms with van der Waals surface area (Å²) in [5.41, 5.74) is 10.6. The Morgan fingerprint density at radius 2 is 2.09 bits per heavy atom. The zero-order valence-corrected chi connectivity index (χ0v) is 17.8. The molecule has 0 bridgehead atoms. The predicted molar refractivity (Wildman–Crippen MR) is 117 cm³/mol. The van der Waals surface area contributed by atoms with E-state index in [4.69, 9.17) is 15.6 Å². The van der Waals surface area contributed by atoms with Crippen LogP contribution in [0.4, 0.5) is 34.1 Å². The van der Waals surface area contributed by atoms with E-state index in [0.717, 1.165) is 23.2 Å². The number of nitrogens with one attached hydrogen (secondary N) is 1. The molecular weight excluding hydrogens is 462 g/mol. The third-order valence-corrected chi connectivity index (χ3v) is 5.99. The summed E-state index contributed by atoms with van der Waals surface area (Å²) in [5, 5.41) is 5.82. The van der Waals surface area contributed by atoms with Gasteiger partial charge in [0, 0.05) is 30.1 Å². The number of anilines is 3. The molecule has 4 rings (SSSR count). The van der Waals surface area contributed by atoms with E-state index >= 15 is 0 Å². The van der Waals surface area contributed by atoms with Crippen LogP contribution in [0.15, 0.2) is 24.4 Å². The maximum Gasteiger partial charge on any atom is 0.277 e. The van der Waals surface area contributed by atoms with E-state index in [0.29, 0.717) is 16.0 Å². The van der Waals surface area contributed by atoms with Gasteiger partial charge in [0.2, 0.25) is 0 Å². The van der Waals surface area contributed by atoms with Gasteiger partial charge in [-0.05, 0) is 18.6 Å². The van der Waals surface area contributed by atoms with Crippen LogP contribution in [0.1, 0.15) is 27.4 Å². The van der Waals surface area contributed by atoms with Crippen molar-refractivity contribution in [3.8, 4) is 10.6 Å². The summed E-state index contributed by atoms with van der Waals surface area (Å²) in [5.74, 6) is -6.25. The number of hydrogen-bond acceptors (Lipinski definition) is 7. The highest BCUT2D eigenvalue weighted by molar-refractivity contribution is 7.19. The second-order valence-electron chi connectivity index (χ2n) is 7.61. The number of aromatic nitrogens is 3. The highest BCUT2D eigenvalue weighted by Gasteiger charge is 2.38. The SMILES string of the molecule is [2H]C([2H])([2H])n1ncc(NC(=O)c2nc(-c3c(F)cccc3F)sc2N)c1N1CC[C@@H](N)CC(F)(F)C1. The molecule has 1 saturated heterocycles. The molecule has 1 amide bonds. The van der Waals surface area contributed by atoms with Crippen LogP contribution < -0.4 is 21.7 Å². The lowest BCUT2D eigenvalue weighted by molar-refractivity contribution is -0.000527. The molecule has 5 N–H and O–H groups in total. The number of thiazole rings is 1. The molecule has 0 spiro atoms. The summed E-state index contributed by atoms with van der Waals surface area (Å²) in [4.78, 5) is 18.1. The van der Waals surface area contributed by atoms with Gasteiger partial charge in [-0.2, -0.15) is 5.10 Å². The first-order valence-electron chi connectivity index (χ1n) is 11.3. The maximum absolute atomic E-state index is 14.5. The Hall–Kier alpha value is -3.19. The number of benzene rings is 1. The summed E-state index contributed by atoms with van der Waals surface area (Å²) < 4.78 is 81.0. The van der Waals surface area contributed by atoms with Crippen LogP contribution in [0.2, 0.25) is 0 Å². The van der Waals surface area contributed by atoms with Gasteiger partial charge in [-0.1, -0.05) is 17.4 Å². The molecule has 0 saturated carbocycles. The minimum absolute atomic E-state index is 0.0169. The number of amides is 1. The Morgan fingerprint density at radius 3 is 2.79 bits per heavy atom. The topological polar surface area (TPSA) is 115 Å². The van der Waals surface area contributed by atoms with E-state index < -0.39 is 55.0 Å². The van der Waals surface area contributed by atoms with Crippen molar-refractivity contribution in [2.75, 3.05) is 29.0 Å². The Kier molecular flexibility index (Phi) is 5.05. The third kappa shape index (κ3) is 4.64. The summed E-state index contributed by atoms with van der Waals surface area (Å²) >= 11 is 0.671. The van der Waals surface area contributed by atoms with Gasteiger partial charge in [0.05, 0.1) is 18.3 Å². The molecule has 8 nitrogen and oxygen atoms in total. The van der Waals surface area contributed by atoms with Gasteiger partial charge < -0.3 is 21.7 Å². The van der Waals surface area contributed by atoms with Gasteiger partial charge in [0.15, 0.2) is 11.5 Å². The average molecular weight is 487 g/mol. The molecule has 3 heterocycles. The average Bonchev–Trinajstić information content (AvgIpc) is 3.30. The number of carbonyl (C=O) groups is 1. The van der Waals surface area contributed by atoms with E-state index in [1.165, 1.54) is 6.07 Å². The lowest BCUT2D eigenvalue weighted by Crippen LogP contribution is -2.37. The fourth-order valence-electron chi connectivity index (χ4n) is 3.63. The van der Waals surface area contributed by atoms with Gasteiger partial charge in [0.25, 0.3) is 11.8 Å². The summed E-state index contributed by atoms with van der Waals surface area (Å²) in [6.07, 6.45) is 0.562. The molecule has 176 valence electrons. The molecule has 0 unspecified atom stereocenters. The Bertz CT molecular complexity index is 1280. The summed E-state index contributed by atoms with van der Waals surface area (Å²) in [6.45, 7) is -3.71. The molecule has 1 fully saturated rings. The summed E-state index contributed by atoms with van der Waals surface area (Å²) in [6, 6.07) is 2.41. The zero-order chi connectivity index (χ0) is 26.4. The first-order chi connectivity index (χ1) is 16.8. The minimum atomic E-state index is -3.22. The number of hydrogen-bond donors (Lipinski definition) is 3. The molecule has 3 aromatic rings. The summed E-state index contributed by atoms with van der Waals surface area (Å²) in [7, 11) is 0. The molecule has 1 atom stereocenters. The van der Waals surface area contributed by atoms with Crippen LogP contribution in [0.5, 0.6) is 0 Å². The molecular formula is C20H21F4N7OS. The standard InChI is InChI=1S/C20H21F4N7OS/c1-30-19(31-6-5-10(25)7-20(23,24)9-31)13(8-27-30)28-17(32)15-16(26)33-18(29-15)14-11(21)3-2-4-12(14)22/h2-4,8,10H,5-7,9,25-26H2,1H3,(H,28,32)/t10-/m1/s1/i1D3. The number of alkyl halides is 2. The number of rotatable bonds is 4. The van der Waals surface area contributed by atoms with Gasteiger partial charge in [0.1, 0.15) is 27.3 Å². The second-order valence-corrected chi connectivity index (χ2v) is 8.64. The van der Waals surface area contributed by atoms with E-state index in [-0.39, 0.29) is 40.2 Å². The van der Waals surface area contributed by atoms with Gasteiger partial charge in [-0.25, -0.2) is 22.5 Å². The van der Waals surface area contributed by atoms with Crippen molar-refractivity contribution in [2.45, 2.75) is 24.8 Å². The van der Waals surface area contributed by atoms with Crippen LogP contribution >= 0.6 is 11.3 Å². The molecule has 0 aliphatic carbocycles. The highest BCUT2D eigenvalue weighted by atomic mass is 32.1. The van der Waals surface area contributed by atoms with Gasteiger partial charge in [-0.3, -0.25) is 9.48 Å². The zero-order valence-electron chi connectivity index (χ0n) is 20.0. The lowest BCUT2D eigenvalue weighted by atomic mass is 10.1.